The maximum atomic E-state index is 11.0. The fourth-order valence-electron chi connectivity index (χ4n) is 0.890. The third-order valence-corrected chi connectivity index (χ3v) is 2.78. The first-order chi connectivity index (χ1) is 7.02. The number of aromatic nitrogens is 1. The Bertz CT molecular complexity index is 395. The summed E-state index contributed by atoms with van der Waals surface area (Å²) in [6, 6.07) is 3.10. The van der Waals surface area contributed by atoms with Gasteiger partial charge in [0, 0.05) is 6.20 Å². The third kappa shape index (κ3) is 2.95. The van der Waals surface area contributed by atoms with Crippen molar-refractivity contribution in [1.82, 2.24) is 4.98 Å². The molecule has 0 aromatic carbocycles. The minimum atomic E-state index is -0.957. The van der Waals surface area contributed by atoms with Gasteiger partial charge in [0.25, 0.3) is 5.91 Å². The molecular formula is C9H10N2O3S. The highest BCUT2D eigenvalue weighted by molar-refractivity contribution is 8.00. The molecule has 1 unspecified atom stereocenters. The monoisotopic (exact) mass is 226 g/mol. The molecule has 0 spiro atoms. The Morgan fingerprint density at radius 2 is 2.27 bits per heavy atom. The molecule has 15 heavy (non-hydrogen) atoms. The average molecular weight is 226 g/mol. The van der Waals surface area contributed by atoms with E-state index in [9.17, 15) is 9.59 Å². The van der Waals surface area contributed by atoms with Gasteiger partial charge in [-0.3, -0.25) is 9.59 Å². The zero-order valence-corrected chi connectivity index (χ0v) is 8.82. The molecule has 1 aromatic rings. The van der Waals surface area contributed by atoms with Crippen molar-refractivity contribution >= 4 is 23.6 Å². The van der Waals surface area contributed by atoms with E-state index in [1.807, 2.05) is 0 Å². The molecule has 0 aliphatic rings. The first-order valence-corrected chi connectivity index (χ1v) is 5.04. The van der Waals surface area contributed by atoms with Crippen molar-refractivity contribution in [1.29, 1.82) is 0 Å². The minimum Gasteiger partial charge on any atom is -0.480 e. The van der Waals surface area contributed by atoms with E-state index < -0.39 is 17.1 Å². The van der Waals surface area contributed by atoms with Crippen molar-refractivity contribution in [2.45, 2.75) is 17.2 Å². The lowest BCUT2D eigenvalue weighted by Crippen LogP contribution is -2.16. The maximum Gasteiger partial charge on any atom is 0.316 e. The smallest absolute Gasteiger partial charge is 0.316 e. The second-order valence-electron chi connectivity index (χ2n) is 2.82. The number of thioether (sulfide) groups is 1. The van der Waals surface area contributed by atoms with Crippen LogP contribution in [0.4, 0.5) is 0 Å². The van der Waals surface area contributed by atoms with Gasteiger partial charge in [-0.25, -0.2) is 4.98 Å². The summed E-state index contributed by atoms with van der Waals surface area (Å²) in [5.74, 6) is -1.57. The highest BCUT2D eigenvalue weighted by Crippen LogP contribution is 2.24. The maximum absolute atomic E-state index is 11.0. The fourth-order valence-corrected chi connectivity index (χ4v) is 1.74. The van der Waals surface area contributed by atoms with Crippen LogP contribution in [0.15, 0.2) is 23.4 Å². The molecule has 1 rings (SSSR count). The number of carbonyl (C=O) groups is 2. The van der Waals surface area contributed by atoms with Crippen LogP contribution in [-0.2, 0) is 4.79 Å². The number of rotatable bonds is 4. The van der Waals surface area contributed by atoms with Gasteiger partial charge in [-0.15, -0.1) is 0 Å². The number of carboxylic acid groups (broad SMARTS) is 1. The molecule has 0 saturated heterocycles. The number of carbonyl (C=O) groups excluding carboxylic acids is 1. The molecule has 0 bridgehead atoms. The summed E-state index contributed by atoms with van der Waals surface area (Å²) in [4.78, 5) is 25.5. The van der Waals surface area contributed by atoms with Gasteiger partial charge in [0.2, 0.25) is 0 Å². The molecule has 1 heterocycles. The van der Waals surface area contributed by atoms with E-state index >= 15 is 0 Å². The van der Waals surface area contributed by atoms with Crippen LogP contribution in [-0.4, -0.2) is 27.2 Å². The number of pyridine rings is 1. The normalized spacial score (nSPS) is 12.1. The number of carboxylic acids is 1. The largest absolute Gasteiger partial charge is 0.480 e. The van der Waals surface area contributed by atoms with Gasteiger partial charge in [0.15, 0.2) is 0 Å². The number of nitrogens with zero attached hydrogens (tertiary/aromatic N) is 1. The van der Waals surface area contributed by atoms with Gasteiger partial charge in [-0.2, -0.15) is 0 Å². The Hall–Kier alpha value is -1.56. The van der Waals surface area contributed by atoms with Crippen molar-refractivity contribution in [2.75, 3.05) is 0 Å². The zero-order chi connectivity index (χ0) is 11.4. The van der Waals surface area contributed by atoms with Gasteiger partial charge < -0.3 is 10.8 Å². The molecule has 1 atom stereocenters. The molecule has 0 saturated carbocycles. The van der Waals surface area contributed by atoms with Crippen LogP contribution < -0.4 is 5.73 Å². The predicted octanol–water partition coefficient (Wildman–Crippen LogP) is 0.746. The first kappa shape index (κ1) is 11.5. The van der Waals surface area contributed by atoms with E-state index in [0.29, 0.717) is 5.03 Å². The molecule has 0 radical (unpaired) electrons. The van der Waals surface area contributed by atoms with Gasteiger partial charge in [-0.05, 0) is 19.1 Å². The van der Waals surface area contributed by atoms with E-state index in [1.54, 1.807) is 6.07 Å². The van der Waals surface area contributed by atoms with Crippen LogP contribution in [0.25, 0.3) is 0 Å². The number of nitrogens with two attached hydrogens (primary N) is 1. The molecule has 80 valence electrons. The Morgan fingerprint density at radius 3 is 2.80 bits per heavy atom. The molecule has 1 amide bonds. The summed E-state index contributed by atoms with van der Waals surface area (Å²) in [6.45, 7) is 1.52. The molecule has 5 nitrogen and oxygen atoms in total. The second-order valence-corrected chi connectivity index (χ2v) is 4.15. The van der Waals surface area contributed by atoms with Gasteiger partial charge in [-0.1, -0.05) is 11.8 Å². The number of primary amides is 1. The zero-order valence-electron chi connectivity index (χ0n) is 8.01. The number of hydrogen-bond donors (Lipinski definition) is 2. The van der Waals surface area contributed by atoms with E-state index in [0.717, 1.165) is 11.8 Å². The topological polar surface area (TPSA) is 93.3 Å². The standard InChI is InChI=1S/C9H10N2O3S/c1-5(9(13)14)15-8-6(7(10)12)3-2-4-11-8/h2-5H,1H3,(H2,10,12)(H,13,14). The molecule has 0 aliphatic heterocycles. The quantitative estimate of drug-likeness (QED) is 0.739. The van der Waals surface area contributed by atoms with Crippen LogP contribution in [0, 0.1) is 0 Å². The SMILES string of the molecule is CC(Sc1ncccc1C(N)=O)C(=O)O. The summed E-state index contributed by atoms with van der Waals surface area (Å²) < 4.78 is 0. The molecule has 0 aliphatic carbocycles. The lowest BCUT2D eigenvalue weighted by molar-refractivity contribution is -0.136. The number of hydrogen-bond acceptors (Lipinski definition) is 4. The lowest BCUT2D eigenvalue weighted by Gasteiger charge is -2.07. The van der Waals surface area contributed by atoms with Gasteiger partial charge >= 0.3 is 5.97 Å². The second kappa shape index (κ2) is 4.79. The highest BCUT2D eigenvalue weighted by atomic mass is 32.2. The van der Waals surface area contributed by atoms with Crippen molar-refractivity contribution in [3.8, 4) is 0 Å². The van der Waals surface area contributed by atoms with Crippen molar-refractivity contribution < 1.29 is 14.7 Å². The minimum absolute atomic E-state index is 0.246. The molecular weight excluding hydrogens is 216 g/mol. The van der Waals surface area contributed by atoms with Crippen molar-refractivity contribution in [3.63, 3.8) is 0 Å². The van der Waals surface area contributed by atoms with Crippen LogP contribution in [0.3, 0.4) is 0 Å². The molecule has 6 heteroatoms. The third-order valence-electron chi connectivity index (χ3n) is 1.67. The summed E-state index contributed by atoms with van der Waals surface area (Å²) in [5.41, 5.74) is 5.37. The van der Waals surface area contributed by atoms with Crippen LogP contribution in [0.2, 0.25) is 0 Å². The van der Waals surface area contributed by atoms with Crippen LogP contribution >= 0.6 is 11.8 Å². The van der Waals surface area contributed by atoms with Crippen molar-refractivity contribution in [2.24, 2.45) is 5.73 Å². The highest BCUT2D eigenvalue weighted by Gasteiger charge is 2.17. The van der Waals surface area contributed by atoms with Crippen LogP contribution in [0.1, 0.15) is 17.3 Å². The molecule has 0 fully saturated rings. The van der Waals surface area contributed by atoms with E-state index in [-0.39, 0.29) is 5.56 Å². The Balaban J connectivity index is 2.94. The van der Waals surface area contributed by atoms with Gasteiger partial charge in [0.1, 0.15) is 10.3 Å². The van der Waals surface area contributed by atoms with Crippen LogP contribution in [0.5, 0.6) is 0 Å². The predicted molar refractivity (Wildman–Crippen MR) is 55.7 cm³/mol. The Labute approximate surface area is 90.7 Å². The summed E-state index contributed by atoms with van der Waals surface area (Å²) in [5, 5.41) is 8.39. The average Bonchev–Trinajstić information content (AvgIpc) is 2.18. The summed E-state index contributed by atoms with van der Waals surface area (Å²) in [7, 11) is 0. The summed E-state index contributed by atoms with van der Waals surface area (Å²) in [6.07, 6.45) is 1.49. The first-order valence-electron chi connectivity index (χ1n) is 4.16. The van der Waals surface area contributed by atoms with Gasteiger partial charge in [0.05, 0.1) is 5.56 Å². The Morgan fingerprint density at radius 1 is 1.60 bits per heavy atom. The fraction of sp³-hybridized carbons (Fsp3) is 0.222. The molecule has 1 aromatic heterocycles. The lowest BCUT2D eigenvalue weighted by atomic mass is 10.3. The summed E-state index contributed by atoms with van der Waals surface area (Å²) >= 11 is 0.995. The van der Waals surface area contributed by atoms with E-state index in [4.69, 9.17) is 10.8 Å². The molecule has 3 N–H and O–H groups in total. The number of amides is 1. The Kier molecular flexibility index (Phi) is 3.68. The van der Waals surface area contributed by atoms with Crippen molar-refractivity contribution in [3.05, 3.63) is 23.9 Å². The van der Waals surface area contributed by atoms with E-state index in [2.05, 4.69) is 4.98 Å². The number of aliphatic carboxylic acids is 1. The van der Waals surface area contributed by atoms with E-state index in [1.165, 1.54) is 19.2 Å².